The van der Waals surface area contributed by atoms with Crippen LogP contribution in [0.4, 0.5) is 0 Å². The summed E-state index contributed by atoms with van der Waals surface area (Å²) in [7, 11) is 0. The maximum atomic E-state index is 13.6. The highest BCUT2D eigenvalue weighted by Crippen LogP contribution is 2.30. The first kappa shape index (κ1) is 23.6. The second-order valence-corrected chi connectivity index (χ2v) is 9.32. The van der Waals surface area contributed by atoms with Crippen LogP contribution in [0.25, 0.3) is 11.2 Å². The van der Waals surface area contributed by atoms with Crippen LogP contribution in [0.1, 0.15) is 36.2 Å². The lowest BCUT2D eigenvalue weighted by Crippen LogP contribution is -2.42. The molecule has 1 aliphatic rings. The van der Waals surface area contributed by atoms with Crippen molar-refractivity contribution in [3.63, 3.8) is 0 Å². The highest BCUT2D eigenvalue weighted by atomic mass is 16.6. The fourth-order valence-electron chi connectivity index (χ4n) is 4.31. The first-order valence-electron chi connectivity index (χ1n) is 12.1. The summed E-state index contributed by atoms with van der Waals surface area (Å²) in [6, 6.07) is 14.4. The van der Waals surface area contributed by atoms with Crippen LogP contribution in [-0.4, -0.2) is 37.7 Å². The summed E-state index contributed by atoms with van der Waals surface area (Å²) < 4.78 is 15.4. The molecule has 0 saturated heterocycles. The number of ketones is 1. The number of carbonyl (C=O) groups excluding carboxylic acids is 1. The molecule has 4 aromatic rings. The minimum atomic E-state index is -0.573. The third kappa shape index (κ3) is 4.56. The van der Waals surface area contributed by atoms with Gasteiger partial charge in [-0.05, 0) is 36.1 Å². The van der Waals surface area contributed by atoms with Gasteiger partial charge in [-0.3, -0.25) is 18.7 Å². The summed E-state index contributed by atoms with van der Waals surface area (Å²) in [6.07, 6.45) is 2.45. The molecule has 0 radical (unpaired) electrons. The largest absolute Gasteiger partial charge is 0.486 e. The number of Topliss-reactive ketones (excluding diaryl/α,β-unsaturated/α-hetero) is 1. The number of benzene rings is 2. The molecule has 1 aliphatic heterocycles. The maximum Gasteiger partial charge on any atom is 0.333 e. The van der Waals surface area contributed by atoms with Gasteiger partial charge in [0.05, 0.1) is 19.4 Å². The number of fused-ring (bicyclic) bond motifs is 2. The number of aromatic nitrogens is 4. The van der Waals surface area contributed by atoms with Gasteiger partial charge in [-0.2, -0.15) is 0 Å². The molecule has 5 rings (SSSR count). The van der Waals surface area contributed by atoms with E-state index in [1.165, 1.54) is 4.57 Å². The Hall–Kier alpha value is -4.14. The van der Waals surface area contributed by atoms with E-state index in [0.717, 1.165) is 16.6 Å². The molecular formula is C27H28N4O5. The van der Waals surface area contributed by atoms with Crippen molar-refractivity contribution < 1.29 is 14.3 Å². The molecular weight excluding hydrogens is 460 g/mol. The quantitative estimate of drug-likeness (QED) is 0.354. The molecule has 0 unspecified atom stereocenters. The summed E-state index contributed by atoms with van der Waals surface area (Å²) in [4.78, 5) is 44.8. The average molecular weight is 489 g/mol. The number of nitrogens with zero attached hydrogens (tertiary/aromatic N) is 4. The molecule has 36 heavy (non-hydrogen) atoms. The number of carbonyl (C=O) groups is 1. The van der Waals surface area contributed by atoms with Crippen molar-refractivity contribution in [2.24, 2.45) is 5.92 Å². The molecule has 0 fully saturated rings. The van der Waals surface area contributed by atoms with E-state index in [-0.39, 0.29) is 12.3 Å². The van der Waals surface area contributed by atoms with Gasteiger partial charge in [0.1, 0.15) is 13.2 Å². The predicted octanol–water partition coefficient (Wildman–Crippen LogP) is 3.11. The van der Waals surface area contributed by atoms with Crippen LogP contribution < -0.4 is 20.7 Å². The number of hydrogen-bond donors (Lipinski definition) is 0. The lowest BCUT2D eigenvalue weighted by molar-refractivity contribution is 0.0967. The molecule has 0 amide bonds. The highest BCUT2D eigenvalue weighted by molar-refractivity contribution is 5.96. The number of aryl methyl sites for hydroxylation is 1. The second-order valence-electron chi connectivity index (χ2n) is 9.32. The summed E-state index contributed by atoms with van der Waals surface area (Å²) >= 11 is 0. The average Bonchev–Trinajstić information content (AvgIpc) is 3.32. The van der Waals surface area contributed by atoms with Gasteiger partial charge in [-0.1, -0.05) is 44.2 Å². The summed E-state index contributed by atoms with van der Waals surface area (Å²) in [6.45, 7) is 5.48. The Labute approximate surface area is 207 Å². The number of imidazole rings is 1. The lowest BCUT2D eigenvalue weighted by atomic mass is 10.1. The minimum absolute atomic E-state index is 0.232. The standard InChI is InChI=1S/C27H28N4O5/c1-18(2)10-11-29-17-28-25-24(29)26(33)31(27(34)30(25)15-19-6-4-3-5-7-19)16-21(32)20-8-9-22-23(14-20)36-13-12-35-22/h3-9,14,17-18H,10-13,15-16H2,1-2H3. The van der Waals surface area contributed by atoms with Gasteiger partial charge in [0.2, 0.25) is 0 Å². The minimum Gasteiger partial charge on any atom is -0.486 e. The Bertz CT molecular complexity index is 1530. The van der Waals surface area contributed by atoms with Gasteiger partial charge < -0.3 is 14.0 Å². The topological polar surface area (TPSA) is 97.4 Å². The lowest BCUT2D eigenvalue weighted by Gasteiger charge is -2.18. The molecule has 2 aromatic heterocycles. The van der Waals surface area contributed by atoms with Gasteiger partial charge in [0, 0.05) is 12.1 Å². The van der Waals surface area contributed by atoms with Gasteiger partial charge in [-0.25, -0.2) is 9.78 Å². The summed E-state index contributed by atoms with van der Waals surface area (Å²) in [5, 5.41) is 0. The summed E-state index contributed by atoms with van der Waals surface area (Å²) in [5.74, 6) is 1.10. The molecule has 0 N–H and O–H groups in total. The zero-order chi connectivity index (χ0) is 25.2. The first-order chi connectivity index (χ1) is 17.4. The van der Waals surface area contributed by atoms with Crippen LogP contribution in [-0.2, 0) is 19.6 Å². The van der Waals surface area contributed by atoms with Crippen molar-refractivity contribution in [3.8, 4) is 11.5 Å². The third-order valence-corrected chi connectivity index (χ3v) is 6.28. The summed E-state index contributed by atoms with van der Waals surface area (Å²) in [5.41, 5.74) is 0.777. The Kier molecular flexibility index (Phi) is 6.45. The van der Waals surface area contributed by atoms with Crippen molar-refractivity contribution in [1.29, 1.82) is 0 Å². The van der Waals surface area contributed by atoms with Gasteiger partial charge in [0.25, 0.3) is 5.56 Å². The van der Waals surface area contributed by atoms with E-state index < -0.39 is 17.8 Å². The third-order valence-electron chi connectivity index (χ3n) is 6.28. The van der Waals surface area contributed by atoms with Crippen LogP contribution >= 0.6 is 0 Å². The highest BCUT2D eigenvalue weighted by Gasteiger charge is 2.22. The van der Waals surface area contributed by atoms with Crippen molar-refractivity contribution >= 4 is 16.9 Å². The van der Waals surface area contributed by atoms with Crippen LogP contribution in [0.3, 0.4) is 0 Å². The molecule has 0 spiro atoms. The zero-order valence-electron chi connectivity index (χ0n) is 20.3. The van der Waals surface area contributed by atoms with E-state index in [0.29, 0.717) is 53.9 Å². The SMILES string of the molecule is CC(C)CCn1cnc2c1c(=O)n(CC(=O)c1ccc3c(c1)OCCO3)c(=O)n2Cc1ccccc1. The fraction of sp³-hybridized carbons (Fsp3) is 0.333. The van der Waals surface area contributed by atoms with Crippen molar-refractivity contribution in [1.82, 2.24) is 18.7 Å². The van der Waals surface area contributed by atoms with E-state index in [9.17, 15) is 14.4 Å². The van der Waals surface area contributed by atoms with E-state index in [4.69, 9.17) is 9.47 Å². The molecule has 3 heterocycles. The van der Waals surface area contributed by atoms with E-state index in [1.54, 1.807) is 29.1 Å². The Morgan fingerprint density at radius 1 is 1.00 bits per heavy atom. The monoisotopic (exact) mass is 488 g/mol. The first-order valence-corrected chi connectivity index (χ1v) is 12.1. The maximum absolute atomic E-state index is 13.6. The second kappa shape index (κ2) is 9.85. The molecule has 9 nitrogen and oxygen atoms in total. The Morgan fingerprint density at radius 3 is 2.50 bits per heavy atom. The molecule has 0 atom stereocenters. The number of rotatable bonds is 8. The molecule has 2 aromatic carbocycles. The predicted molar refractivity (Wildman–Crippen MR) is 135 cm³/mol. The molecule has 9 heteroatoms. The van der Waals surface area contributed by atoms with Crippen molar-refractivity contribution in [2.45, 2.75) is 39.9 Å². The van der Waals surface area contributed by atoms with Gasteiger partial charge >= 0.3 is 5.69 Å². The normalized spacial score (nSPS) is 12.9. The van der Waals surface area contributed by atoms with Crippen LogP contribution in [0.5, 0.6) is 11.5 Å². The fourth-order valence-corrected chi connectivity index (χ4v) is 4.31. The molecule has 0 saturated carbocycles. The zero-order valence-corrected chi connectivity index (χ0v) is 20.3. The van der Waals surface area contributed by atoms with Gasteiger partial charge in [-0.15, -0.1) is 0 Å². The van der Waals surface area contributed by atoms with E-state index in [2.05, 4.69) is 18.8 Å². The van der Waals surface area contributed by atoms with E-state index >= 15 is 0 Å². The Morgan fingerprint density at radius 2 is 1.75 bits per heavy atom. The smallest absolute Gasteiger partial charge is 0.333 e. The van der Waals surface area contributed by atoms with Crippen molar-refractivity contribution in [2.75, 3.05) is 13.2 Å². The molecule has 0 bridgehead atoms. The van der Waals surface area contributed by atoms with E-state index in [1.807, 2.05) is 30.3 Å². The molecule has 186 valence electrons. The van der Waals surface area contributed by atoms with Crippen LogP contribution in [0.15, 0.2) is 64.4 Å². The molecule has 0 aliphatic carbocycles. The van der Waals surface area contributed by atoms with Crippen LogP contribution in [0.2, 0.25) is 0 Å². The van der Waals surface area contributed by atoms with Gasteiger partial charge in [0.15, 0.2) is 28.4 Å². The van der Waals surface area contributed by atoms with Crippen molar-refractivity contribution in [3.05, 3.63) is 86.8 Å². The number of hydrogen-bond acceptors (Lipinski definition) is 6. The van der Waals surface area contributed by atoms with Crippen LogP contribution in [0, 0.1) is 5.92 Å². The Balaban J connectivity index is 1.59. The number of ether oxygens (including phenoxy) is 2.